The molecule has 1 atom stereocenters. The van der Waals surface area contributed by atoms with E-state index in [0.717, 1.165) is 11.3 Å². The third kappa shape index (κ3) is 5.23. The van der Waals surface area contributed by atoms with Gasteiger partial charge < -0.3 is 10.1 Å². The minimum absolute atomic E-state index is 0.0135. The summed E-state index contributed by atoms with van der Waals surface area (Å²) in [6.45, 7) is 9.05. The molecule has 0 radical (unpaired) electrons. The zero-order valence-corrected chi connectivity index (χ0v) is 13.6. The van der Waals surface area contributed by atoms with Gasteiger partial charge in [0.1, 0.15) is 12.4 Å². The second-order valence-corrected chi connectivity index (χ2v) is 6.04. The van der Waals surface area contributed by atoms with E-state index in [4.69, 9.17) is 4.74 Å². The summed E-state index contributed by atoms with van der Waals surface area (Å²) in [4.78, 5) is 11.6. The van der Waals surface area contributed by atoms with Crippen LogP contribution in [0, 0.1) is 19.8 Å². The second kappa shape index (κ2) is 7.53. The number of halogens is 1. The molecule has 4 heteroatoms. The van der Waals surface area contributed by atoms with Crippen LogP contribution < -0.4 is 10.1 Å². The maximum Gasteiger partial charge on any atom is 0.234 e. The van der Waals surface area contributed by atoms with Crippen LogP contribution in [0.25, 0.3) is 0 Å². The fraction of sp³-hybridized carbons (Fsp3) is 0.533. The molecule has 106 valence electrons. The molecule has 0 aliphatic rings. The van der Waals surface area contributed by atoms with Crippen LogP contribution in [0.1, 0.15) is 25.0 Å². The van der Waals surface area contributed by atoms with Crippen molar-refractivity contribution in [3.8, 4) is 5.75 Å². The van der Waals surface area contributed by atoms with Crippen LogP contribution in [-0.2, 0) is 4.79 Å². The minimum atomic E-state index is -0.145. The zero-order valence-electron chi connectivity index (χ0n) is 12.0. The molecule has 0 saturated carbocycles. The van der Waals surface area contributed by atoms with Crippen LogP contribution >= 0.6 is 15.9 Å². The van der Waals surface area contributed by atoms with E-state index >= 15 is 0 Å². The summed E-state index contributed by atoms with van der Waals surface area (Å²) in [6, 6.07) is 6.11. The number of hydrogen-bond donors (Lipinski definition) is 1. The lowest BCUT2D eigenvalue weighted by molar-refractivity contribution is -0.121. The van der Waals surface area contributed by atoms with Gasteiger partial charge in [0, 0.05) is 0 Å². The van der Waals surface area contributed by atoms with Gasteiger partial charge in [0.2, 0.25) is 5.91 Å². The molecule has 0 bridgehead atoms. The SMILES string of the molecule is Cc1ccc(C)c(OCCNC(=O)C(Br)C(C)C)c1. The van der Waals surface area contributed by atoms with E-state index in [9.17, 15) is 4.79 Å². The smallest absolute Gasteiger partial charge is 0.234 e. The van der Waals surface area contributed by atoms with Gasteiger partial charge in [-0.1, -0.05) is 41.9 Å². The average Bonchev–Trinajstić information content (AvgIpc) is 2.37. The first-order valence-electron chi connectivity index (χ1n) is 6.53. The Morgan fingerprint density at radius 1 is 1.37 bits per heavy atom. The van der Waals surface area contributed by atoms with E-state index in [1.54, 1.807) is 0 Å². The van der Waals surface area contributed by atoms with Gasteiger partial charge in [-0.05, 0) is 37.0 Å². The Bertz CT molecular complexity index is 432. The van der Waals surface area contributed by atoms with Crippen molar-refractivity contribution in [3.05, 3.63) is 29.3 Å². The number of nitrogens with one attached hydrogen (secondary N) is 1. The molecule has 0 aromatic heterocycles. The number of ether oxygens (including phenoxy) is 1. The number of alkyl halides is 1. The Labute approximate surface area is 123 Å². The summed E-state index contributed by atoms with van der Waals surface area (Å²) in [7, 11) is 0. The number of aryl methyl sites for hydroxylation is 2. The predicted octanol–water partition coefficient (Wildman–Crippen LogP) is 3.22. The maximum absolute atomic E-state index is 11.7. The molecule has 19 heavy (non-hydrogen) atoms. The zero-order chi connectivity index (χ0) is 14.4. The fourth-order valence-electron chi connectivity index (χ4n) is 1.60. The first-order valence-corrected chi connectivity index (χ1v) is 7.45. The quantitative estimate of drug-likeness (QED) is 0.643. The molecule has 1 aromatic carbocycles. The van der Waals surface area contributed by atoms with E-state index in [0.29, 0.717) is 13.2 Å². The van der Waals surface area contributed by atoms with Crippen LogP contribution in [0.4, 0.5) is 0 Å². The van der Waals surface area contributed by atoms with Crippen molar-refractivity contribution >= 4 is 21.8 Å². The van der Waals surface area contributed by atoms with Crippen LogP contribution in [0.15, 0.2) is 18.2 Å². The Kier molecular flexibility index (Phi) is 6.35. The topological polar surface area (TPSA) is 38.3 Å². The number of carbonyl (C=O) groups excluding carboxylic acids is 1. The first kappa shape index (κ1) is 16.0. The van der Waals surface area contributed by atoms with Crippen molar-refractivity contribution in [2.24, 2.45) is 5.92 Å². The van der Waals surface area contributed by atoms with Gasteiger partial charge in [0.05, 0.1) is 11.4 Å². The van der Waals surface area contributed by atoms with Gasteiger partial charge in [0.25, 0.3) is 0 Å². The van der Waals surface area contributed by atoms with Crippen molar-refractivity contribution in [1.29, 1.82) is 0 Å². The molecular weight excluding hydrogens is 306 g/mol. The molecule has 1 aromatic rings. The summed E-state index contributed by atoms with van der Waals surface area (Å²) in [6.07, 6.45) is 0. The molecule has 1 N–H and O–H groups in total. The van der Waals surface area contributed by atoms with E-state index in [1.165, 1.54) is 5.56 Å². The third-order valence-electron chi connectivity index (χ3n) is 2.84. The van der Waals surface area contributed by atoms with Crippen LogP contribution in [0.2, 0.25) is 0 Å². The Morgan fingerprint density at radius 3 is 2.68 bits per heavy atom. The highest BCUT2D eigenvalue weighted by atomic mass is 79.9. The van der Waals surface area contributed by atoms with E-state index in [1.807, 2.05) is 39.8 Å². The monoisotopic (exact) mass is 327 g/mol. The molecule has 3 nitrogen and oxygen atoms in total. The highest BCUT2D eigenvalue weighted by molar-refractivity contribution is 9.10. The van der Waals surface area contributed by atoms with Crippen molar-refractivity contribution in [2.75, 3.05) is 13.2 Å². The fourth-order valence-corrected chi connectivity index (χ4v) is 1.76. The molecule has 0 spiro atoms. The predicted molar refractivity (Wildman–Crippen MR) is 82.0 cm³/mol. The average molecular weight is 328 g/mol. The lowest BCUT2D eigenvalue weighted by Gasteiger charge is -2.14. The van der Waals surface area contributed by atoms with Crippen LogP contribution in [-0.4, -0.2) is 23.9 Å². The van der Waals surface area contributed by atoms with E-state index < -0.39 is 0 Å². The normalized spacial score (nSPS) is 12.3. The largest absolute Gasteiger partial charge is 0.491 e. The molecule has 1 rings (SSSR count). The second-order valence-electron chi connectivity index (χ2n) is 5.05. The van der Waals surface area contributed by atoms with Gasteiger partial charge in [-0.3, -0.25) is 4.79 Å². The van der Waals surface area contributed by atoms with Crippen molar-refractivity contribution in [2.45, 2.75) is 32.5 Å². The standard InChI is InChI=1S/C15H22BrNO2/c1-10(2)14(16)15(18)17-7-8-19-13-9-11(3)5-6-12(13)4/h5-6,9-10,14H,7-8H2,1-4H3,(H,17,18). The van der Waals surface area contributed by atoms with Crippen LogP contribution in [0.3, 0.4) is 0 Å². The number of benzene rings is 1. The molecule has 0 heterocycles. The Balaban J connectivity index is 2.35. The van der Waals surface area contributed by atoms with Crippen molar-refractivity contribution in [1.82, 2.24) is 5.32 Å². The highest BCUT2D eigenvalue weighted by Crippen LogP contribution is 2.18. The summed E-state index contributed by atoms with van der Waals surface area (Å²) in [5, 5.41) is 2.86. The summed E-state index contributed by atoms with van der Waals surface area (Å²) >= 11 is 3.37. The molecule has 0 aliphatic carbocycles. The highest BCUT2D eigenvalue weighted by Gasteiger charge is 2.17. The molecule has 0 aliphatic heterocycles. The lowest BCUT2D eigenvalue weighted by Crippen LogP contribution is -2.36. The number of rotatable bonds is 6. The maximum atomic E-state index is 11.7. The molecule has 0 fully saturated rings. The van der Waals surface area contributed by atoms with Gasteiger partial charge in [-0.25, -0.2) is 0 Å². The van der Waals surface area contributed by atoms with Crippen molar-refractivity contribution < 1.29 is 9.53 Å². The van der Waals surface area contributed by atoms with E-state index in [-0.39, 0.29) is 16.7 Å². The summed E-state index contributed by atoms with van der Waals surface area (Å²) in [5.74, 6) is 1.17. The Hall–Kier alpha value is -1.03. The first-order chi connectivity index (χ1) is 8.91. The number of hydrogen-bond acceptors (Lipinski definition) is 2. The van der Waals surface area contributed by atoms with Gasteiger partial charge >= 0.3 is 0 Å². The van der Waals surface area contributed by atoms with E-state index in [2.05, 4.69) is 27.3 Å². The van der Waals surface area contributed by atoms with Crippen molar-refractivity contribution in [3.63, 3.8) is 0 Å². The molecule has 1 unspecified atom stereocenters. The summed E-state index contributed by atoms with van der Waals surface area (Å²) in [5.41, 5.74) is 2.28. The third-order valence-corrected chi connectivity index (χ3v) is 4.31. The number of carbonyl (C=O) groups is 1. The van der Waals surface area contributed by atoms with Gasteiger partial charge in [0.15, 0.2) is 0 Å². The summed E-state index contributed by atoms with van der Waals surface area (Å²) < 4.78 is 5.68. The molecule has 0 saturated heterocycles. The van der Waals surface area contributed by atoms with Crippen LogP contribution in [0.5, 0.6) is 5.75 Å². The Morgan fingerprint density at radius 2 is 2.05 bits per heavy atom. The van der Waals surface area contributed by atoms with Gasteiger partial charge in [-0.2, -0.15) is 0 Å². The minimum Gasteiger partial charge on any atom is -0.491 e. The molecular formula is C15H22BrNO2. The number of amides is 1. The van der Waals surface area contributed by atoms with Gasteiger partial charge in [-0.15, -0.1) is 0 Å². The lowest BCUT2D eigenvalue weighted by atomic mass is 10.1. The molecule has 1 amide bonds.